The minimum Gasteiger partial charge on any atom is -0.271 e. The molecule has 20 heavy (non-hydrogen) atoms. The maximum absolute atomic E-state index is 12.6. The second kappa shape index (κ2) is 5.98. The molecule has 3 N–H and O–H groups in total. The Balaban J connectivity index is 2.20. The van der Waals surface area contributed by atoms with Crippen LogP contribution in [0.15, 0.2) is 43.0 Å². The molecule has 1 heterocycles. The standard InChI is InChI=1S/C13H13F3N4/c14-13(15,16)11-3-1-2-9(4-11)5-12(20-17)10-6-18-8-19-7-10/h1-4,6-8,12,20H,5,17H2. The molecule has 0 aliphatic carbocycles. The minimum absolute atomic E-state index is 0.313. The second-order valence-electron chi connectivity index (χ2n) is 4.29. The van der Waals surface area contributed by atoms with E-state index in [-0.39, 0.29) is 6.04 Å². The van der Waals surface area contributed by atoms with Crippen molar-refractivity contribution in [2.75, 3.05) is 0 Å². The van der Waals surface area contributed by atoms with Crippen LogP contribution in [0.4, 0.5) is 13.2 Å². The molecule has 1 aromatic heterocycles. The van der Waals surface area contributed by atoms with E-state index >= 15 is 0 Å². The first-order valence-corrected chi connectivity index (χ1v) is 5.88. The molecule has 4 nitrogen and oxygen atoms in total. The fourth-order valence-electron chi connectivity index (χ4n) is 1.87. The highest BCUT2D eigenvalue weighted by Gasteiger charge is 2.30. The number of nitrogens with two attached hydrogens (primary N) is 1. The van der Waals surface area contributed by atoms with Crippen molar-refractivity contribution in [3.8, 4) is 0 Å². The molecule has 2 aromatic rings. The van der Waals surface area contributed by atoms with Crippen molar-refractivity contribution in [2.24, 2.45) is 5.84 Å². The molecule has 0 spiro atoms. The molecule has 0 amide bonds. The lowest BCUT2D eigenvalue weighted by atomic mass is 10.00. The van der Waals surface area contributed by atoms with E-state index in [1.54, 1.807) is 18.5 Å². The Bertz CT molecular complexity index is 557. The van der Waals surface area contributed by atoms with Crippen molar-refractivity contribution in [1.29, 1.82) is 0 Å². The SMILES string of the molecule is NNC(Cc1cccc(C(F)(F)F)c1)c1cncnc1. The van der Waals surface area contributed by atoms with Crippen molar-refractivity contribution in [3.63, 3.8) is 0 Å². The largest absolute Gasteiger partial charge is 0.416 e. The lowest BCUT2D eigenvalue weighted by Crippen LogP contribution is -2.29. The highest BCUT2D eigenvalue weighted by atomic mass is 19.4. The van der Waals surface area contributed by atoms with Gasteiger partial charge in [0.05, 0.1) is 11.6 Å². The molecule has 0 saturated carbocycles. The van der Waals surface area contributed by atoms with Crippen molar-refractivity contribution in [1.82, 2.24) is 15.4 Å². The van der Waals surface area contributed by atoms with E-state index in [0.717, 1.165) is 12.1 Å². The highest BCUT2D eigenvalue weighted by molar-refractivity contribution is 5.27. The maximum atomic E-state index is 12.6. The predicted molar refractivity (Wildman–Crippen MR) is 67.2 cm³/mol. The van der Waals surface area contributed by atoms with E-state index in [1.807, 2.05) is 0 Å². The van der Waals surface area contributed by atoms with E-state index in [9.17, 15) is 13.2 Å². The molecular weight excluding hydrogens is 269 g/mol. The zero-order chi connectivity index (χ0) is 14.6. The second-order valence-corrected chi connectivity index (χ2v) is 4.29. The smallest absolute Gasteiger partial charge is 0.271 e. The fourth-order valence-corrected chi connectivity index (χ4v) is 1.87. The van der Waals surface area contributed by atoms with Gasteiger partial charge in [0.25, 0.3) is 0 Å². The summed E-state index contributed by atoms with van der Waals surface area (Å²) in [5, 5.41) is 0. The van der Waals surface area contributed by atoms with Crippen LogP contribution in [0.5, 0.6) is 0 Å². The Hall–Kier alpha value is -1.99. The predicted octanol–water partition coefficient (Wildman–Crippen LogP) is 2.24. The highest BCUT2D eigenvalue weighted by Crippen LogP contribution is 2.30. The Labute approximate surface area is 113 Å². The molecule has 1 atom stereocenters. The number of alkyl halides is 3. The van der Waals surface area contributed by atoms with Crippen LogP contribution >= 0.6 is 0 Å². The van der Waals surface area contributed by atoms with Crippen molar-refractivity contribution < 1.29 is 13.2 Å². The van der Waals surface area contributed by atoms with E-state index < -0.39 is 11.7 Å². The molecule has 7 heteroatoms. The van der Waals surface area contributed by atoms with Gasteiger partial charge in [0.1, 0.15) is 6.33 Å². The normalized spacial score (nSPS) is 13.2. The van der Waals surface area contributed by atoms with Gasteiger partial charge in [-0.25, -0.2) is 9.97 Å². The number of aromatic nitrogens is 2. The van der Waals surface area contributed by atoms with Crippen LogP contribution in [0.2, 0.25) is 0 Å². The molecule has 0 saturated heterocycles. The van der Waals surface area contributed by atoms with Crippen molar-refractivity contribution >= 4 is 0 Å². The number of hydrogen-bond acceptors (Lipinski definition) is 4. The number of benzene rings is 1. The molecular formula is C13H13F3N4. The summed E-state index contributed by atoms with van der Waals surface area (Å²) in [7, 11) is 0. The summed E-state index contributed by atoms with van der Waals surface area (Å²) in [5.74, 6) is 5.45. The number of rotatable bonds is 4. The topological polar surface area (TPSA) is 63.8 Å². The number of nitrogens with zero attached hydrogens (tertiary/aromatic N) is 2. The van der Waals surface area contributed by atoms with Gasteiger partial charge in [-0.15, -0.1) is 0 Å². The van der Waals surface area contributed by atoms with Gasteiger partial charge < -0.3 is 0 Å². The lowest BCUT2D eigenvalue weighted by Gasteiger charge is -2.16. The first-order valence-electron chi connectivity index (χ1n) is 5.88. The number of halogens is 3. The summed E-state index contributed by atoms with van der Waals surface area (Å²) in [6.07, 6.45) is 0.489. The van der Waals surface area contributed by atoms with Crippen LogP contribution in [-0.2, 0) is 12.6 Å². The van der Waals surface area contributed by atoms with Crippen molar-refractivity contribution in [3.05, 3.63) is 59.7 Å². The zero-order valence-electron chi connectivity index (χ0n) is 10.4. The van der Waals surface area contributed by atoms with E-state index in [2.05, 4.69) is 15.4 Å². The first kappa shape index (κ1) is 14.4. The molecule has 0 fully saturated rings. The average molecular weight is 282 g/mol. The van der Waals surface area contributed by atoms with E-state index in [0.29, 0.717) is 17.5 Å². The Kier molecular flexibility index (Phi) is 4.31. The maximum Gasteiger partial charge on any atom is 0.416 e. The molecule has 106 valence electrons. The minimum atomic E-state index is -4.35. The third kappa shape index (κ3) is 3.52. The summed E-state index contributed by atoms with van der Waals surface area (Å²) < 4.78 is 37.9. The molecule has 2 rings (SSSR count). The zero-order valence-corrected chi connectivity index (χ0v) is 10.4. The monoisotopic (exact) mass is 282 g/mol. The average Bonchev–Trinajstić information content (AvgIpc) is 2.45. The van der Waals surface area contributed by atoms with Crippen LogP contribution in [0.25, 0.3) is 0 Å². The fraction of sp³-hybridized carbons (Fsp3) is 0.231. The van der Waals surface area contributed by atoms with Crippen LogP contribution < -0.4 is 11.3 Å². The molecule has 0 aliphatic rings. The van der Waals surface area contributed by atoms with E-state index in [1.165, 1.54) is 12.4 Å². The third-order valence-electron chi connectivity index (χ3n) is 2.88. The molecule has 1 aromatic carbocycles. The van der Waals surface area contributed by atoms with Crippen LogP contribution in [0, 0.1) is 0 Å². The van der Waals surface area contributed by atoms with Crippen LogP contribution in [-0.4, -0.2) is 9.97 Å². The van der Waals surface area contributed by atoms with Crippen molar-refractivity contribution in [2.45, 2.75) is 18.6 Å². The summed E-state index contributed by atoms with van der Waals surface area (Å²) in [5.41, 5.74) is 3.14. The van der Waals surface area contributed by atoms with Gasteiger partial charge in [0.15, 0.2) is 0 Å². The Morgan fingerprint density at radius 3 is 2.50 bits per heavy atom. The summed E-state index contributed by atoms with van der Waals surface area (Å²) >= 11 is 0. The van der Waals surface area contributed by atoms with Gasteiger partial charge in [-0.1, -0.05) is 18.2 Å². The molecule has 0 bridgehead atoms. The molecule has 1 unspecified atom stereocenters. The number of hydrogen-bond donors (Lipinski definition) is 2. The third-order valence-corrected chi connectivity index (χ3v) is 2.88. The lowest BCUT2D eigenvalue weighted by molar-refractivity contribution is -0.137. The Morgan fingerprint density at radius 2 is 1.90 bits per heavy atom. The van der Waals surface area contributed by atoms with Gasteiger partial charge >= 0.3 is 6.18 Å². The summed E-state index contributed by atoms with van der Waals surface area (Å²) in [4.78, 5) is 7.73. The number of hydrazine groups is 1. The van der Waals surface area contributed by atoms with E-state index in [4.69, 9.17) is 5.84 Å². The van der Waals surface area contributed by atoms with Gasteiger partial charge in [-0.3, -0.25) is 11.3 Å². The molecule has 0 radical (unpaired) electrons. The number of nitrogens with one attached hydrogen (secondary N) is 1. The summed E-state index contributed by atoms with van der Waals surface area (Å²) in [6, 6.07) is 4.82. The van der Waals surface area contributed by atoms with Crippen LogP contribution in [0.1, 0.15) is 22.7 Å². The van der Waals surface area contributed by atoms with Gasteiger partial charge in [0, 0.05) is 18.0 Å². The quantitative estimate of drug-likeness (QED) is 0.667. The van der Waals surface area contributed by atoms with Gasteiger partial charge in [-0.2, -0.15) is 13.2 Å². The van der Waals surface area contributed by atoms with Gasteiger partial charge in [-0.05, 0) is 18.1 Å². The van der Waals surface area contributed by atoms with Crippen LogP contribution in [0.3, 0.4) is 0 Å². The first-order chi connectivity index (χ1) is 9.50. The molecule has 0 aliphatic heterocycles. The Morgan fingerprint density at radius 1 is 1.20 bits per heavy atom. The summed E-state index contributed by atoms with van der Waals surface area (Å²) in [6.45, 7) is 0. The van der Waals surface area contributed by atoms with Gasteiger partial charge in [0.2, 0.25) is 0 Å².